The van der Waals surface area contributed by atoms with Crippen LogP contribution in [0.3, 0.4) is 0 Å². The van der Waals surface area contributed by atoms with Crippen LogP contribution in [0.15, 0.2) is 42.2 Å². The fourth-order valence-corrected chi connectivity index (χ4v) is 3.84. The minimum absolute atomic E-state index is 0.284. The molecule has 0 aliphatic rings. The van der Waals surface area contributed by atoms with Crippen LogP contribution in [0.25, 0.3) is 33.2 Å². The van der Waals surface area contributed by atoms with Gasteiger partial charge in [-0.1, -0.05) is 0 Å². The lowest BCUT2D eigenvalue weighted by Crippen LogP contribution is -1.98. The zero-order valence-electron chi connectivity index (χ0n) is 14.0. The predicted octanol–water partition coefficient (Wildman–Crippen LogP) is 3.95. The first-order chi connectivity index (χ1) is 12.6. The molecule has 0 atom stereocenters. The van der Waals surface area contributed by atoms with Gasteiger partial charge in [0.25, 0.3) is 0 Å². The molecule has 0 saturated carbocycles. The Kier molecular flexibility index (Phi) is 3.17. The molecule has 5 rings (SSSR count). The molecule has 4 heterocycles. The van der Waals surface area contributed by atoms with Crippen LogP contribution in [0.4, 0.5) is 4.39 Å². The molecule has 0 amide bonds. The molecule has 0 radical (unpaired) electrons. The van der Waals surface area contributed by atoms with Crippen LogP contribution in [0.1, 0.15) is 11.3 Å². The van der Waals surface area contributed by atoms with E-state index in [1.807, 2.05) is 16.9 Å². The highest BCUT2D eigenvalue weighted by Crippen LogP contribution is 2.31. The van der Waals surface area contributed by atoms with E-state index in [2.05, 4.69) is 22.0 Å². The van der Waals surface area contributed by atoms with E-state index in [-0.39, 0.29) is 5.82 Å². The SMILES string of the molecule is Cc1c(C)n(-c2nccs2)c2ncn3nc(-c4ccc(F)cc4)nc3c12. The van der Waals surface area contributed by atoms with E-state index < -0.39 is 0 Å². The maximum atomic E-state index is 13.2. The number of benzene rings is 1. The molecule has 0 spiro atoms. The quantitative estimate of drug-likeness (QED) is 0.476. The standard InChI is InChI=1S/C18H13FN6S/c1-10-11(2)25(18-20-7-8-26-18)16-14(10)17-22-15(23-24(17)9-21-16)12-3-5-13(19)6-4-12/h3-9H,1-2H3. The van der Waals surface area contributed by atoms with E-state index in [0.717, 1.165) is 38.6 Å². The lowest BCUT2D eigenvalue weighted by molar-refractivity contribution is 0.628. The van der Waals surface area contributed by atoms with Gasteiger partial charge in [-0.3, -0.25) is 4.57 Å². The topological polar surface area (TPSA) is 60.9 Å². The minimum atomic E-state index is -0.284. The summed E-state index contributed by atoms with van der Waals surface area (Å²) in [5, 5.41) is 8.26. The van der Waals surface area contributed by atoms with E-state index in [0.29, 0.717) is 5.82 Å². The van der Waals surface area contributed by atoms with Gasteiger partial charge in [0.1, 0.15) is 12.1 Å². The molecule has 0 unspecified atom stereocenters. The average molecular weight is 364 g/mol. The van der Waals surface area contributed by atoms with Crippen LogP contribution in [0.5, 0.6) is 0 Å². The summed E-state index contributed by atoms with van der Waals surface area (Å²) in [5.74, 6) is 0.256. The second kappa shape index (κ2) is 5.43. The fraction of sp³-hybridized carbons (Fsp3) is 0.111. The average Bonchev–Trinajstić information content (AvgIpc) is 3.35. The highest BCUT2D eigenvalue weighted by molar-refractivity contribution is 7.12. The molecule has 0 aliphatic heterocycles. The van der Waals surface area contributed by atoms with Crippen molar-refractivity contribution in [3.05, 3.63) is 59.2 Å². The molecule has 128 valence electrons. The molecular formula is C18H13FN6S. The van der Waals surface area contributed by atoms with Crippen LogP contribution in [0.2, 0.25) is 0 Å². The molecule has 0 fully saturated rings. The number of nitrogens with zero attached hydrogens (tertiary/aromatic N) is 6. The second-order valence-electron chi connectivity index (χ2n) is 6.01. The molecule has 0 N–H and O–H groups in total. The molecule has 5 aromatic rings. The first-order valence-electron chi connectivity index (χ1n) is 8.02. The number of aryl methyl sites for hydroxylation is 1. The lowest BCUT2D eigenvalue weighted by Gasteiger charge is -2.02. The third-order valence-electron chi connectivity index (χ3n) is 4.55. The molecule has 26 heavy (non-hydrogen) atoms. The van der Waals surface area contributed by atoms with E-state index in [1.165, 1.54) is 12.1 Å². The summed E-state index contributed by atoms with van der Waals surface area (Å²) < 4.78 is 16.9. The second-order valence-corrected chi connectivity index (χ2v) is 6.89. The Bertz CT molecular complexity index is 1250. The lowest BCUT2D eigenvalue weighted by atomic mass is 10.2. The minimum Gasteiger partial charge on any atom is -0.273 e. The molecular weight excluding hydrogens is 351 g/mol. The van der Waals surface area contributed by atoms with Crippen LogP contribution in [-0.4, -0.2) is 29.1 Å². The Morgan fingerprint density at radius 1 is 1.04 bits per heavy atom. The van der Waals surface area contributed by atoms with E-state index >= 15 is 0 Å². The van der Waals surface area contributed by atoms with Crippen molar-refractivity contribution in [3.63, 3.8) is 0 Å². The number of fused-ring (bicyclic) bond motifs is 3. The smallest absolute Gasteiger partial charge is 0.195 e. The molecule has 0 aliphatic carbocycles. The largest absolute Gasteiger partial charge is 0.273 e. The summed E-state index contributed by atoms with van der Waals surface area (Å²) in [6.45, 7) is 4.10. The number of hydrogen-bond donors (Lipinski definition) is 0. The third kappa shape index (κ3) is 2.08. The van der Waals surface area contributed by atoms with Crippen molar-refractivity contribution in [1.82, 2.24) is 29.1 Å². The van der Waals surface area contributed by atoms with Crippen molar-refractivity contribution >= 4 is 28.0 Å². The van der Waals surface area contributed by atoms with Crippen molar-refractivity contribution < 1.29 is 4.39 Å². The Hall–Kier alpha value is -3.13. The van der Waals surface area contributed by atoms with Gasteiger partial charge in [-0.2, -0.15) is 0 Å². The third-order valence-corrected chi connectivity index (χ3v) is 5.30. The van der Waals surface area contributed by atoms with Crippen molar-refractivity contribution in [3.8, 4) is 16.5 Å². The van der Waals surface area contributed by atoms with Crippen molar-refractivity contribution in [2.75, 3.05) is 0 Å². The Balaban J connectivity index is 1.80. The summed E-state index contributed by atoms with van der Waals surface area (Å²) in [6, 6.07) is 6.16. The van der Waals surface area contributed by atoms with Gasteiger partial charge in [-0.05, 0) is 43.7 Å². The van der Waals surface area contributed by atoms with Gasteiger partial charge in [0.05, 0.1) is 5.39 Å². The summed E-state index contributed by atoms with van der Waals surface area (Å²) in [5.41, 5.74) is 4.45. The van der Waals surface area contributed by atoms with Gasteiger partial charge in [0.15, 0.2) is 22.3 Å². The first-order valence-corrected chi connectivity index (χ1v) is 8.90. The molecule has 0 bridgehead atoms. The highest BCUT2D eigenvalue weighted by atomic mass is 32.1. The summed E-state index contributed by atoms with van der Waals surface area (Å²) in [7, 11) is 0. The summed E-state index contributed by atoms with van der Waals surface area (Å²) in [6.07, 6.45) is 3.43. The van der Waals surface area contributed by atoms with Crippen LogP contribution < -0.4 is 0 Å². The molecule has 8 heteroatoms. The predicted molar refractivity (Wildman–Crippen MR) is 98.2 cm³/mol. The number of thiazole rings is 1. The zero-order chi connectivity index (χ0) is 17.8. The van der Waals surface area contributed by atoms with Crippen LogP contribution in [-0.2, 0) is 0 Å². The monoisotopic (exact) mass is 364 g/mol. The van der Waals surface area contributed by atoms with Crippen molar-refractivity contribution in [2.24, 2.45) is 0 Å². The van der Waals surface area contributed by atoms with Crippen LogP contribution in [0, 0.1) is 19.7 Å². The summed E-state index contributed by atoms with van der Waals surface area (Å²) >= 11 is 1.56. The maximum absolute atomic E-state index is 13.2. The maximum Gasteiger partial charge on any atom is 0.195 e. The van der Waals surface area contributed by atoms with Crippen LogP contribution >= 0.6 is 11.3 Å². The molecule has 6 nitrogen and oxygen atoms in total. The van der Waals surface area contributed by atoms with Crippen molar-refractivity contribution in [2.45, 2.75) is 13.8 Å². The highest BCUT2D eigenvalue weighted by Gasteiger charge is 2.20. The fourth-order valence-electron chi connectivity index (χ4n) is 3.14. The number of halogens is 1. The van der Waals surface area contributed by atoms with Gasteiger partial charge >= 0.3 is 0 Å². The molecule has 0 saturated heterocycles. The molecule has 4 aromatic heterocycles. The first kappa shape index (κ1) is 15.2. The Morgan fingerprint density at radius 2 is 1.85 bits per heavy atom. The van der Waals surface area contributed by atoms with Gasteiger partial charge in [-0.15, -0.1) is 16.4 Å². The van der Waals surface area contributed by atoms with Gasteiger partial charge in [0, 0.05) is 22.8 Å². The zero-order valence-corrected chi connectivity index (χ0v) is 14.8. The number of hydrogen-bond acceptors (Lipinski definition) is 5. The number of aromatic nitrogens is 6. The Labute approximate surface area is 151 Å². The normalized spacial score (nSPS) is 11.7. The van der Waals surface area contributed by atoms with Gasteiger partial charge in [0.2, 0.25) is 0 Å². The van der Waals surface area contributed by atoms with E-state index in [4.69, 9.17) is 4.98 Å². The van der Waals surface area contributed by atoms with E-state index in [9.17, 15) is 4.39 Å². The van der Waals surface area contributed by atoms with Gasteiger partial charge in [-0.25, -0.2) is 23.9 Å². The number of rotatable bonds is 2. The van der Waals surface area contributed by atoms with E-state index in [1.54, 1.807) is 40.5 Å². The Morgan fingerprint density at radius 3 is 2.58 bits per heavy atom. The summed E-state index contributed by atoms with van der Waals surface area (Å²) in [4.78, 5) is 13.7. The molecule has 1 aromatic carbocycles. The van der Waals surface area contributed by atoms with Crippen molar-refractivity contribution in [1.29, 1.82) is 0 Å². The van der Waals surface area contributed by atoms with Gasteiger partial charge < -0.3 is 0 Å².